The number of halogens is 1. The number of rotatable bonds is 7. The van der Waals surface area contributed by atoms with E-state index in [0.29, 0.717) is 11.6 Å². The second-order valence-electron chi connectivity index (χ2n) is 6.19. The van der Waals surface area contributed by atoms with Crippen LogP contribution in [0.1, 0.15) is 32.6 Å². The second kappa shape index (κ2) is 9.34. The highest BCUT2D eigenvalue weighted by molar-refractivity contribution is 7.89. The highest BCUT2D eigenvalue weighted by atomic mass is 35.5. The van der Waals surface area contributed by atoms with E-state index in [1.54, 1.807) is 4.90 Å². The van der Waals surface area contributed by atoms with Crippen molar-refractivity contribution in [3.05, 3.63) is 29.3 Å². The number of esters is 1. The maximum atomic E-state index is 12.1. The van der Waals surface area contributed by atoms with Gasteiger partial charge in [0.2, 0.25) is 10.0 Å². The van der Waals surface area contributed by atoms with E-state index in [9.17, 15) is 18.0 Å². The van der Waals surface area contributed by atoms with Gasteiger partial charge in [-0.2, -0.15) is 0 Å². The molecule has 1 heterocycles. The average Bonchev–Trinajstić information content (AvgIpc) is 2.60. The van der Waals surface area contributed by atoms with E-state index in [1.807, 2.05) is 6.92 Å². The fourth-order valence-electron chi connectivity index (χ4n) is 2.75. The molecule has 1 saturated heterocycles. The molecule has 0 aliphatic carbocycles. The second-order valence-corrected chi connectivity index (χ2v) is 8.40. The van der Waals surface area contributed by atoms with E-state index in [2.05, 4.69) is 4.72 Å². The van der Waals surface area contributed by atoms with Crippen LogP contribution in [-0.2, 0) is 24.3 Å². The number of hydrogen-bond donors (Lipinski definition) is 1. The van der Waals surface area contributed by atoms with Crippen molar-refractivity contribution in [1.82, 2.24) is 9.62 Å². The zero-order valence-electron chi connectivity index (χ0n) is 14.6. The Morgan fingerprint density at radius 2 is 1.96 bits per heavy atom. The molecular weight excluding hydrogens is 380 g/mol. The van der Waals surface area contributed by atoms with Gasteiger partial charge in [0, 0.05) is 24.2 Å². The van der Waals surface area contributed by atoms with E-state index in [1.165, 1.54) is 24.3 Å². The molecule has 1 aliphatic heterocycles. The van der Waals surface area contributed by atoms with Crippen LogP contribution < -0.4 is 4.72 Å². The molecule has 0 aromatic heterocycles. The van der Waals surface area contributed by atoms with Gasteiger partial charge in [-0.1, -0.05) is 11.6 Å². The van der Waals surface area contributed by atoms with Crippen LogP contribution in [0.5, 0.6) is 0 Å². The molecule has 1 aromatic rings. The van der Waals surface area contributed by atoms with Gasteiger partial charge in [0.05, 0.1) is 11.3 Å². The Balaban J connectivity index is 1.73. The average molecular weight is 403 g/mol. The van der Waals surface area contributed by atoms with Crippen LogP contribution >= 0.6 is 11.6 Å². The first kappa shape index (κ1) is 20.7. The number of carbonyl (C=O) groups excluding carboxylic acids is 2. The fourth-order valence-corrected chi connectivity index (χ4v) is 3.91. The molecule has 144 valence electrons. The number of benzene rings is 1. The lowest BCUT2D eigenvalue weighted by Gasteiger charge is -2.33. The Morgan fingerprint density at radius 1 is 1.27 bits per heavy atom. The van der Waals surface area contributed by atoms with Crippen molar-refractivity contribution in [2.24, 2.45) is 0 Å². The van der Waals surface area contributed by atoms with Gasteiger partial charge in [-0.05, 0) is 50.5 Å². The number of piperidine rings is 1. The summed E-state index contributed by atoms with van der Waals surface area (Å²) < 4.78 is 31.4. The third kappa shape index (κ3) is 5.96. The van der Waals surface area contributed by atoms with Gasteiger partial charge in [0.1, 0.15) is 0 Å². The first-order valence-electron chi connectivity index (χ1n) is 8.50. The third-order valence-corrected chi connectivity index (χ3v) is 5.95. The molecule has 26 heavy (non-hydrogen) atoms. The molecule has 1 amide bonds. The monoisotopic (exact) mass is 402 g/mol. The molecule has 7 nitrogen and oxygen atoms in total. The highest BCUT2D eigenvalue weighted by Crippen LogP contribution is 2.16. The standard InChI is InChI=1S/C17H23ClN2O5S/c1-13-4-2-3-11-20(13)16(21)12-25-17(22)9-10-19-26(23,24)15-7-5-14(18)6-8-15/h5-8,13,19H,2-4,9-12H2,1H3/t13-/m1/s1. The summed E-state index contributed by atoms with van der Waals surface area (Å²) in [5.41, 5.74) is 0. The molecule has 0 spiro atoms. The number of carbonyl (C=O) groups is 2. The summed E-state index contributed by atoms with van der Waals surface area (Å²) >= 11 is 5.73. The van der Waals surface area contributed by atoms with Crippen LogP contribution in [0, 0.1) is 0 Å². The van der Waals surface area contributed by atoms with Gasteiger partial charge in [-0.3, -0.25) is 9.59 Å². The summed E-state index contributed by atoms with van der Waals surface area (Å²) in [5.74, 6) is -0.839. The summed E-state index contributed by atoms with van der Waals surface area (Å²) in [6.07, 6.45) is 2.84. The van der Waals surface area contributed by atoms with E-state index < -0.39 is 16.0 Å². The number of hydrogen-bond acceptors (Lipinski definition) is 5. The topological polar surface area (TPSA) is 92.8 Å². The maximum Gasteiger partial charge on any atom is 0.307 e. The highest BCUT2D eigenvalue weighted by Gasteiger charge is 2.24. The molecule has 0 unspecified atom stereocenters. The molecule has 0 saturated carbocycles. The van der Waals surface area contributed by atoms with Crippen molar-refractivity contribution < 1.29 is 22.7 Å². The van der Waals surface area contributed by atoms with E-state index in [4.69, 9.17) is 16.3 Å². The van der Waals surface area contributed by atoms with Crippen molar-refractivity contribution in [3.8, 4) is 0 Å². The van der Waals surface area contributed by atoms with Crippen LogP contribution in [0.2, 0.25) is 5.02 Å². The zero-order chi connectivity index (χ0) is 19.2. The minimum atomic E-state index is -3.72. The normalized spacial score (nSPS) is 17.8. The van der Waals surface area contributed by atoms with Gasteiger partial charge in [0.15, 0.2) is 6.61 Å². The molecular formula is C17H23ClN2O5S. The summed E-state index contributed by atoms with van der Waals surface area (Å²) in [6.45, 7) is 2.23. The van der Waals surface area contributed by atoms with Crippen LogP contribution in [0.15, 0.2) is 29.2 Å². The quantitative estimate of drug-likeness (QED) is 0.703. The summed E-state index contributed by atoms with van der Waals surface area (Å²) in [4.78, 5) is 25.6. The maximum absolute atomic E-state index is 12.1. The molecule has 2 rings (SSSR count). The largest absolute Gasteiger partial charge is 0.456 e. The molecule has 0 radical (unpaired) electrons. The lowest BCUT2D eigenvalue weighted by atomic mass is 10.0. The van der Waals surface area contributed by atoms with E-state index >= 15 is 0 Å². The lowest BCUT2D eigenvalue weighted by molar-refractivity contribution is -0.153. The van der Waals surface area contributed by atoms with Crippen molar-refractivity contribution in [2.45, 2.75) is 43.5 Å². The Labute approximate surface area is 158 Å². The number of nitrogens with one attached hydrogen (secondary N) is 1. The molecule has 9 heteroatoms. The van der Waals surface area contributed by atoms with Crippen LogP contribution in [-0.4, -0.2) is 50.9 Å². The van der Waals surface area contributed by atoms with Gasteiger partial charge in [-0.15, -0.1) is 0 Å². The van der Waals surface area contributed by atoms with Crippen molar-refractivity contribution in [2.75, 3.05) is 19.7 Å². The smallest absolute Gasteiger partial charge is 0.307 e. The van der Waals surface area contributed by atoms with Gasteiger partial charge < -0.3 is 9.64 Å². The minimum Gasteiger partial charge on any atom is -0.456 e. The Kier molecular flexibility index (Phi) is 7.43. The molecule has 1 N–H and O–H groups in total. The molecule has 1 aliphatic rings. The van der Waals surface area contributed by atoms with Crippen LogP contribution in [0.4, 0.5) is 0 Å². The predicted octanol–water partition coefficient (Wildman–Crippen LogP) is 1.95. The Hall–Kier alpha value is -1.64. The number of sulfonamides is 1. The number of amides is 1. The summed E-state index contributed by atoms with van der Waals surface area (Å²) in [7, 11) is -3.72. The number of ether oxygens (including phenoxy) is 1. The minimum absolute atomic E-state index is 0.0598. The summed E-state index contributed by atoms with van der Waals surface area (Å²) in [6, 6.07) is 5.85. The Morgan fingerprint density at radius 3 is 2.62 bits per heavy atom. The zero-order valence-corrected chi connectivity index (χ0v) is 16.2. The predicted molar refractivity (Wildman–Crippen MR) is 97.2 cm³/mol. The molecule has 1 atom stereocenters. The van der Waals surface area contributed by atoms with Crippen molar-refractivity contribution in [3.63, 3.8) is 0 Å². The third-order valence-electron chi connectivity index (χ3n) is 4.23. The Bertz CT molecular complexity index is 736. The molecule has 1 fully saturated rings. The van der Waals surface area contributed by atoms with Gasteiger partial charge in [0.25, 0.3) is 5.91 Å². The van der Waals surface area contributed by atoms with Crippen LogP contribution in [0.3, 0.4) is 0 Å². The molecule has 0 bridgehead atoms. The first-order chi connectivity index (χ1) is 12.3. The molecule has 1 aromatic carbocycles. The van der Waals surface area contributed by atoms with Crippen molar-refractivity contribution >= 4 is 33.5 Å². The first-order valence-corrected chi connectivity index (χ1v) is 10.4. The van der Waals surface area contributed by atoms with Gasteiger partial charge in [-0.25, -0.2) is 13.1 Å². The SMILES string of the molecule is C[C@@H]1CCCCN1C(=O)COC(=O)CCNS(=O)(=O)c1ccc(Cl)cc1. The summed E-state index contributed by atoms with van der Waals surface area (Å²) in [5, 5.41) is 0.431. The lowest BCUT2D eigenvalue weighted by Crippen LogP contribution is -2.44. The fraction of sp³-hybridized carbons (Fsp3) is 0.529. The number of nitrogens with zero attached hydrogens (tertiary/aromatic N) is 1. The van der Waals surface area contributed by atoms with E-state index in [0.717, 1.165) is 19.3 Å². The van der Waals surface area contributed by atoms with Crippen LogP contribution in [0.25, 0.3) is 0 Å². The van der Waals surface area contributed by atoms with Crippen molar-refractivity contribution in [1.29, 1.82) is 0 Å². The van der Waals surface area contributed by atoms with Gasteiger partial charge >= 0.3 is 5.97 Å². The number of likely N-dealkylation sites (tertiary alicyclic amines) is 1. The van der Waals surface area contributed by atoms with E-state index in [-0.39, 0.29) is 36.4 Å².